The molecule has 0 fully saturated rings. The van der Waals surface area contributed by atoms with Gasteiger partial charge < -0.3 is 18.9 Å². The summed E-state index contributed by atoms with van der Waals surface area (Å²) in [5.41, 5.74) is 0. The molecule has 0 saturated heterocycles. The summed E-state index contributed by atoms with van der Waals surface area (Å²) in [4.78, 5) is 0. The Bertz CT molecular complexity index is 50.4. The van der Waals surface area contributed by atoms with Crippen LogP contribution in [-0.4, -0.2) is 34.1 Å². The molecule has 0 aromatic carbocycles. The summed E-state index contributed by atoms with van der Waals surface area (Å²) in [6.45, 7) is 3.31. The molecule has 0 N–H and O–H groups in total. The SMILES string of the molecule is C.CCOCOCOCOC. The molecule has 4 nitrogen and oxygen atoms in total. The fraction of sp³-hybridized carbons (Fsp3) is 1.00. The van der Waals surface area contributed by atoms with Gasteiger partial charge in [-0.05, 0) is 6.92 Å². The highest BCUT2D eigenvalue weighted by atomic mass is 16.8. The summed E-state index contributed by atoms with van der Waals surface area (Å²) in [5, 5.41) is 0. The summed E-state index contributed by atoms with van der Waals surface area (Å²) < 4.78 is 19.1. The summed E-state index contributed by atoms with van der Waals surface area (Å²) in [5.74, 6) is 0. The zero-order valence-electron chi connectivity index (χ0n) is 6.46. The number of rotatable bonds is 7. The molecule has 70 valence electrons. The van der Waals surface area contributed by atoms with E-state index in [4.69, 9.17) is 14.2 Å². The summed E-state index contributed by atoms with van der Waals surface area (Å²) in [6.07, 6.45) is 0. The second kappa shape index (κ2) is 12.5. The second-order valence-corrected chi connectivity index (χ2v) is 1.54. The van der Waals surface area contributed by atoms with Crippen molar-refractivity contribution in [2.45, 2.75) is 14.4 Å². The van der Waals surface area contributed by atoms with Gasteiger partial charge in [-0.3, -0.25) is 0 Å². The van der Waals surface area contributed by atoms with Crippen LogP contribution in [0.2, 0.25) is 0 Å². The van der Waals surface area contributed by atoms with E-state index < -0.39 is 0 Å². The largest absolute Gasteiger partial charge is 0.359 e. The predicted molar refractivity (Wildman–Crippen MR) is 42.1 cm³/mol. The molecular weight excluding hydrogens is 148 g/mol. The standard InChI is InChI=1S/C6H14O4.CH4/c1-3-8-5-10-6-9-4-7-2;/h3-6H2,1-2H3;1H4. The first-order valence-corrected chi connectivity index (χ1v) is 3.14. The smallest absolute Gasteiger partial charge is 0.152 e. The van der Waals surface area contributed by atoms with Crippen molar-refractivity contribution >= 4 is 0 Å². The first-order valence-electron chi connectivity index (χ1n) is 3.14. The fourth-order valence-electron chi connectivity index (χ4n) is 0.353. The van der Waals surface area contributed by atoms with Crippen molar-refractivity contribution < 1.29 is 18.9 Å². The Morgan fingerprint density at radius 2 is 1.45 bits per heavy atom. The second-order valence-electron chi connectivity index (χ2n) is 1.54. The van der Waals surface area contributed by atoms with Crippen molar-refractivity contribution in [3.63, 3.8) is 0 Å². The Labute approximate surface area is 68.4 Å². The molecule has 0 spiro atoms. The van der Waals surface area contributed by atoms with Gasteiger partial charge in [-0.25, -0.2) is 0 Å². The zero-order chi connectivity index (χ0) is 7.66. The molecule has 0 saturated carbocycles. The van der Waals surface area contributed by atoms with Crippen LogP contribution in [-0.2, 0) is 18.9 Å². The van der Waals surface area contributed by atoms with Gasteiger partial charge >= 0.3 is 0 Å². The van der Waals surface area contributed by atoms with Crippen molar-refractivity contribution in [3.8, 4) is 0 Å². The van der Waals surface area contributed by atoms with Crippen LogP contribution in [0.25, 0.3) is 0 Å². The summed E-state index contributed by atoms with van der Waals surface area (Å²) in [6, 6.07) is 0. The van der Waals surface area contributed by atoms with Crippen LogP contribution in [0.1, 0.15) is 14.4 Å². The quantitative estimate of drug-likeness (QED) is 0.421. The van der Waals surface area contributed by atoms with Crippen molar-refractivity contribution in [1.82, 2.24) is 0 Å². The van der Waals surface area contributed by atoms with Gasteiger partial charge in [0.2, 0.25) is 0 Å². The van der Waals surface area contributed by atoms with E-state index in [1.54, 1.807) is 7.11 Å². The Balaban J connectivity index is 0. The molecule has 0 bridgehead atoms. The molecule has 0 aromatic heterocycles. The molecule has 0 heterocycles. The first-order chi connectivity index (χ1) is 4.91. The van der Waals surface area contributed by atoms with Crippen molar-refractivity contribution in [1.29, 1.82) is 0 Å². The minimum Gasteiger partial charge on any atom is -0.359 e. The lowest BCUT2D eigenvalue weighted by Crippen LogP contribution is -2.05. The van der Waals surface area contributed by atoms with Crippen molar-refractivity contribution in [2.24, 2.45) is 0 Å². The van der Waals surface area contributed by atoms with Crippen LogP contribution in [0.4, 0.5) is 0 Å². The van der Waals surface area contributed by atoms with E-state index in [1.807, 2.05) is 6.92 Å². The van der Waals surface area contributed by atoms with Gasteiger partial charge in [-0.1, -0.05) is 7.43 Å². The minimum absolute atomic E-state index is 0. The maximum Gasteiger partial charge on any atom is 0.152 e. The van der Waals surface area contributed by atoms with Gasteiger partial charge in [0.15, 0.2) is 6.79 Å². The van der Waals surface area contributed by atoms with Gasteiger partial charge in [0.25, 0.3) is 0 Å². The van der Waals surface area contributed by atoms with E-state index in [2.05, 4.69) is 4.74 Å². The molecule has 0 unspecified atom stereocenters. The van der Waals surface area contributed by atoms with Crippen LogP contribution >= 0.6 is 0 Å². The van der Waals surface area contributed by atoms with Gasteiger partial charge in [0.05, 0.1) is 0 Å². The minimum atomic E-state index is 0. The molecule has 0 aromatic rings. The van der Waals surface area contributed by atoms with Crippen molar-refractivity contribution in [2.75, 3.05) is 34.1 Å². The maximum absolute atomic E-state index is 4.87. The van der Waals surface area contributed by atoms with Crippen molar-refractivity contribution in [3.05, 3.63) is 0 Å². The topological polar surface area (TPSA) is 36.9 Å². The van der Waals surface area contributed by atoms with Crippen LogP contribution in [0, 0.1) is 0 Å². The van der Waals surface area contributed by atoms with Gasteiger partial charge in [0, 0.05) is 13.7 Å². The van der Waals surface area contributed by atoms with E-state index in [1.165, 1.54) is 0 Å². The molecule has 0 aliphatic rings. The van der Waals surface area contributed by atoms with E-state index in [-0.39, 0.29) is 27.8 Å². The van der Waals surface area contributed by atoms with E-state index >= 15 is 0 Å². The van der Waals surface area contributed by atoms with Gasteiger partial charge in [-0.15, -0.1) is 0 Å². The maximum atomic E-state index is 4.87. The van der Waals surface area contributed by atoms with E-state index in [9.17, 15) is 0 Å². The molecule has 0 aliphatic carbocycles. The van der Waals surface area contributed by atoms with Crippen LogP contribution in [0.15, 0.2) is 0 Å². The van der Waals surface area contributed by atoms with Gasteiger partial charge in [0.1, 0.15) is 13.6 Å². The fourth-order valence-corrected chi connectivity index (χ4v) is 0.353. The highest BCUT2D eigenvalue weighted by Gasteiger charge is 1.84. The zero-order valence-corrected chi connectivity index (χ0v) is 6.46. The Hall–Kier alpha value is -0.160. The Morgan fingerprint density at radius 1 is 0.909 bits per heavy atom. The van der Waals surface area contributed by atoms with Gasteiger partial charge in [-0.2, -0.15) is 0 Å². The Morgan fingerprint density at radius 3 is 2.00 bits per heavy atom. The lowest BCUT2D eigenvalue weighted by molar-refractivity contribution is -0.162. The highest BCUT2D eigenvalue weighted by molar-refractivity contribution is 4.06. The van der Waals surface area contributed by atoms with Crippen LogP contribution in [0.5, 0.6) is 0 Å². The highest BCUT2D eigenvalue weighted by Crippen LogP contribution is 1.79. The first kappa shape index (κ1) is 13.4. The molecule has 0 rings (SSSR count). The third kappa shape index (κ3) is 12.9. The average molecular weight is 166 g/mol. The number of methoxy groups -OCH3 is 1. The van der Waals surface area contributed by atoms with Crippen LogP contribution < -0.4 is 0 Å². The normalized spacial score (nSPS) is 9.27. The summed E-state index contributed by atoms with van der Waals surface area (Å²) >= 11 is 0. The van der Waals surface area contributed by atoms with E-state index in [0.717, 1.165) is 0 Å². The lowest BCUT2D eigenvalue weighted by Gasteiger charge is -2.03. The molecule has 4 heteroatoms. The third-order valence-electron chi connectivity index (χ3n) is 0.739. The molecule has 0 radical (unpaired) electrons. The lowest BCUT2D eigenvalue weighted by atomic mass is 10.9. The molecule has 0 aliphatic heterocycles. The molecule has 0 amide bonds. The average Bonchev–Trinajstić information content (AvgIpc) is 1.97. The van der Waals surface area contributed by atoms with E-state index in [0.29, 0.717) is 6.61 Å². The number of hydrogen-bond acceptors (Lipinski definition) is 4. The summed E-state index contributed by atoms with van der Waals surface area (Å²) in [7, 11) is 1.56. The molecule has 0 atom stereocenters. The monoisotopic (exact) mass is 166 g/mol. The predicted octanol–water partition coefficient (Wildman–Crippen LogP) is 1.21. The van der Waals surface area contributed by atoms with Crippen LogP contribution in [0.3, 0.4) is 0 Å². The third-order valence-corrected chi connectivity index (χ3v) is 0.739. The Kier molecular flexibility index (Phi) is 15.3. The molecular formula is C7H18O4. The molecule has 11 heavy (non-hydrogen) atoms. The number of hydrogen-bond donors (Lipinski definition) is 0. The number of ether oxygens (including phenoxy) is 4.